The molecule has 1 rings (SSSR count). The van der Waals surface area contributed by atoms with Crippen molar-refractivity contribution in [2.24, 2.45) is 0 Å². The van der Waals surface area contributed by atoms with Gasteiger partial charge in [0.15, 0.2) is 0 Å². The van der Waals surface area contributed by atoms with E-state index in [1.54, 1.807) is 0 Å². The van der Waals surface area contributed by atoms with Gasteiger partial charge < -0.3 is 0 Å². The lowest BCUT2D eigenvalue weighted by atomic mass is 10.3. The Kier molecular flexibility index (Phi) is 7.84. The first-order valence-electron chi connectivity index (χ1n) is 5.64. The van der Waals surface area contributed by atoms with Crippen molar-refractivity contribution in [3.05, 3.63) is 34.1 Å². The second-order valence-corrected chi connectivity index (χ2v) is 9.21. The fourth-order valence-corrected chi connectivity index (χ4v) is 3.13. The van der Waals surface area contributed by atoms with Gasteiger partial charge in [0, 0.05) is 6.07 Å². The van der Waals surface area contributed by atoms with E-state index in [9.17, 15) is 35.4 Å². The Balaban J connectivity index is 0.000000506. The highest BCUT2D eigenvalue weighted by atomic mass is 32.3. The van der Waals surface area contributed by atoms with Crippen LogP contribution in [-0.2, 0) is 44.8 Å². The Bertz CT molecular complexity index is 842. The summed E-state index contributed by atoms with van der Waals surface area (Å²) in [6.45, 7) is -0.225. The van der Waals surface area contributed by atoms with Crippen LogP contribution >= 0.6 is 0 Å². The molecule has 0 aromatic carbocycles. The number of aromatic nitrogens is 1. The third-order valence-corrected chi connectivity index (χ3v) is 4.21. The van der Waals surface area contributed by atoms with E-state index in [0.29, 0.717) is 18.2 Å². The van der Waals surface area contributed by atoms with Crippen molar-refractivity contribution in [3.63, 3.8) is 0 Å². The van der Waals surface area contributed by atoms with Gasteiger partial charge in [-0.05, 0) is 6.07 Å². The number of hydrogen-bond acceptors (Lipinski definition) is 11. The molecule has 0 aliphatic heterocycles. The van der Waals surface area contributed by atoms with Gasteiger partial charge in [-0.2, -0.15) is 25.3 Å². The summed E-state index contributed by atoms with van der Waals surface area (Å²) in [7, 11) is -11.3. The van der Waals surface area contributed by atoms with E-state index in [1.165, 1.54) is 12.1 Å². The van der Waals surface area contributed by atoms with Gasteiger partial charge in [0.1, 0.15) is 12.8 Å². The molecule has 0 spiro atoms. The predicted molar refractivity (Wildman–Crippen MR) is 81.3 cm³/mol. The summed E-state index contributed by atoms with van der Waals surface area (Å²) in [6, 6.07) is 2.57. The van der Waals surface area contributed by atoms with Crippen LogP contribution in [0.3, 0.4) is 0 Å². The molecule has 0 fully saturated rings. The zero-order chi connectivity index (χ0) is 19.2. The second kappa shape index (κ2) is 8.43. The average Bonchev–Trinajstić information content (AvgIpc) is 2.32. The maximum absolute atomic E-state index is 10.6. The van der Waals surface area contributed by atoms with E-state index in [2.05, 4.69) is 12.8 Å². The highest BCUT2D eigenvalue weighted by molar-refractivity contribution is 7.99. The third kappa shape index (κ3) is 12.8. The van der Waals surface area contributed by atoms with Crippen LogP contribution in [0.5, 0.6) is 0 Å². The average molecular weight is 406 g/mol. The van der Waals surface area contributed by atoms with Crippen LogP contribution in [0.4, 0.5) is 5.69 Å². The summed E-state index contributed by atoms with van der Waals surface area (Å²) in [5, 5.41) is 10.3. The van der Waals surface area contributed by atoms with Crippen LogP contribution in [0, 0.1) is 10.1 Å². The minimum Gasteiger partial charge on any atom is -0.264 e. The van der Waals surface area contributed by atoms with Crippen molar-refractivity contribution in [2.75, 3.05) is 18.8 Å². The molecule has 15 heteroatoms. The molecule has 24 heavy (non-hydrogen) atoms. The number of nitro groups is 1. The van der Waals surface area contributed by atoms with E-state index in [-0.39, 0.29) is 12.3 Å². The van der Waals surface area contributed by atoms with Crippen LogP contribution in [0.1, 0.15) is 5.69 Å². The number of nitrogens with zero attached hydrogens (tertiary/aromatic N) is 2. The van der Waals surface area contributed by atoms with Crippen molar-refractivity contribution in [1.29, 1.82) is 0 Å². The monoisotopic (exact) mass is 406 g/mol. The number of pyridine rings is 1. The molecule has 138 valence electrons. The maximum Gasteiger partial charge on any atom is 0.287 e. The largest absolute Gasteiger partial charge is 0.287 e. The lowest BCUT2D eigenvalue weighted by Gasteiger charge is -1.99. The highest BCUT2D eigenvalue weighted by Crippen LogP contribution is 2.09. The van der Waals surface area contributed by atoms with Crippen LogP contribution in [0.15, 0.2) is 18.3 Å². The quantitative estimate of drug-likeness (QED) is 0.334. The smallest absolute Gasteiger partial charge is 0.264 e. The van der Waals surface area contributed by atoms with Crippen LogP contribution < -0.4 is 0 Å². The van der Waals surface area contributed by atoms with Crippen molar-refractivity contribution in [1.82, 2.24) is 4.98 Å². The lowest BCUT2D eigenvalue weighted by molar-refractivity contribution is -0.385. The fourth-order valence-electron chi connectivity index (χ4n) is 1.00. The zero-order valence-electron chi connectivity index (χ0n) is 12.6. The molecule has 0 amide bonds. The van der Waals surface area contributed by atoms with Crippen LogP contribution in [-0.4, -0.2) is 53.9 Å². The van der Waals surface area contributed by atoms with Gasteiger partial charge in [-0.1, -0.05) is 0 Å². The zero-order valence-corrected chi connectivity index (χ0v) is 15.1. The summed E-state index contributed by atoms with van der Waals surface area (Å²) in [5.74, 6) is 0. The van der Waals surface area contributed by atoms with E-state index in [1.807, 2.05) is 0 Å². The Morgan fingerprint density at radius 3 is 1.75 bits per heavy atom. The van der Waals surface area contributed by atoms with Gasteiger partial charge in [0.05, 0.1) is 29.4 Å². The fraction of sp³-hybridized carbons (Fsp3) is 0.444. The molecule has 0 unspecified atom stereocenters. The standard InChI is InChI=1S/C7H8N2O5S.C2H6O5S2/c1-15(12,13)14-5-6-2-3-7(4-8-6)9(10)11;1-8(3,4)7-9(2,5)6/h2-4H,5H2,1H3;1-2H3. The van der Waals surface area contributed by atoms with E-state index in [4.69, 9.17) is 0 Å². The van der Waals surface area contributed by atoms with Crippen molar-refractivity contribution < 1.29 is 38.0 Å². The van der Waals surface area contributed by atoms with Gasteiger partial charge in [-0.15, -0.1) is 3.63 Å². The molecule has 12 nitrogen and oxygen atoms in total. The molecule has 1 aromatic heterocycles. The molecule has 0 radical (unpaired) electrons. The first-order chi connectivity index (χ1) is 10.6. The number of rotatable bonds is 6. The van der Waals surface area contributed by atoms with Gasteiger partial charge >= 0.3 is 0 Å². The predicted octanol–water partition coefficient (Wildman–Crippen LogP) is -0.612. The Morgan fingerprint density at radius 2 is 1.50 bits per heavy atom. The Hall–Kier alpha value is -1.68. The van der Waals surface area contributed by atoms with Crippen molar-refractivity contribution in [2.45, 2.75) is 6.61 Å². The summed E-state index contributed by atoms with van der Waals surface area (Å²) in [6.07, 6.45) is 3.28. The van der Waals surface area contributed by atoms with Crippen molar-refractivity contribution in [3.8, 4) is 0 Å². The van der Waals surface area contributed by atoms with Gasteiger partial charge in [0.2, 0.25) is 0 Å². The van der Waals surface area contributed by atoms with E-state index < -0.39 is 35.3 Å². The second-order valence-electron chi connectivity index (χ2n) is 4.21. The molecule has 0 aliphatic carbocycles. The molecule has 1 aromatic rings. The summed E-state index contributed by atoms with van der Waals surface area (Å²) >= 11 is 0. The molecule has 0 saturated heterocycles. The molecule has 0 saturated carbocycles. The summed E-state index contributed by atoms with van der Waals surface area (Å²) in [4.78, 5) is 13.4. The molecule has 1 heterocycles. The summed E-state index contributed by atoms with van der Waals surface area (Å²) < 4.78 is 69.4. The normalized spacial score (nSPS) is 12.1. The third-order valence-electron chi connectivity index (χ3n) is 1.69. The summed E-state index contributed by atoms with van der Waals surface area (Å²) in [5.41, 5.74) is 0.157. The van der Waals surface area contributed by atoms with Crippen molar-refractivity contribution >= 4 is 36.0 Å². The molecule has 0 bridgehead atoms. The first-order valence-corrected chi connectivity index (χ1v) is 11.1. The molecular weight excluding hydrogens is 392 g/mol. The number of hydrogen-bond donors (Lipinski definition) is 0. The van der Waals surface area contributed by atoms with Crippen LogP contribution in [0.25, 0.3) is 0 Å². The van der Waals surface area contributed by atoms with Gasteiger partial charge in [0.25, 0.3) is 36.0 Å². The minimum absolute atomic E-state index is 0.155. The minimum atomic E-state index is -3.87. The van der Waals surface area contributed by atoms with E-state index >= 15 is 0 Å². The molecule has 0 aliphatic rings. The molecule has 0 atom stereocenters. The SMILES string of the molecule is CS(=O)(=O)OCc1ccc([N+](=O)[O-])cn1.CS(=O)(=O)OS(C)(=O)=O. The maximum atomic E-state index is 10.6. The van der Waals surface area contributed by atoms with Gasteiger partial charge in [-0.3, -0.25) is 19.3 Å². The molecular formula is C9H14N2O10S3. The topological polar surface area (TPSA) is 177 Å². The van der Waals surface area contributed by atoms with E-state index in [0.717, 1.165) is 12.5 Å². The lowest BCUT2D eigenvalue weighted by Crippen LogP contribution is -2.09. The highest BCUT2D eigenvalue weighted by Gasteiger charge is 2.10. The Labute approximate surface area is 138 Å². The first kappa shape index (κ1) is 22.3. The Morgan fingerprint density at radius 1 is 1.00 bits per heavy atom. The van der Waals surface area contributed by atoms with Gasteiger partial charge in [-0.25, -0.2) is 0 Å². The molecule has 0 N–H and O–H groups in total. The van der Waals surface area contributed by atoms with Crippen LogP contribution in [0.2, 0.25) is 0 Å².